The van der Waals surface area contributed by atoms with Crippen molar-refractivity contribution in [2.75, 3.05) is 21.3 Å². The number of carbonyl (C=O) groups is 5. The molecule has 1 aliphatic rings. The third-order valence-corrected chi connectivity index (χ3v) is 3.96. The molecule has 1 N–H and O–H groups in total. The molecule has 0 aromatic carbocycles. The van der Waals surface area contributed by atoms with E-state index in [1.165, 1.54) is 6.07 Å². The van der Waals surface area contributed by atoms with Crippen LogP contribution in [-0.2, 0) is 14.2 Å². The van der Waals surface area contributed by atoms with E-state index < -0.39 is 35.2 Å². The number of fused-ring (bicyclic) bond motifs is 3. The Balaban J connectivity index is 2.37. The summed E-state index contributed by atoms with van der Waals surface area (Å²) < 4.78 is 13.9. The van der Waals surface area contributed by atoms with Gasteiger partial charge in [0.25, 0.3) is 11.6 Å². The Morgan fingerprint density at radius 1 is 0.889 bits per heavy atom. The number of ether oxygens (including phenoxy) is 3. The van der Waals surface area contributed by atoms with E-state index in [1.807, 2.05) is 0 Å². The fraction of sp³-hybridized carbons (Fsp3) is 0.176. The topological polar surface area (TPSA) is 142 Å². The van der Waals surface area contributed by atoms with Crippen molar-refractivity contribution in [3.05, 3.63) is 40.5 Å². The molecular formula is C17H12N2O8. The monoisotopic (exact) mass is 372 g/mol. The first-order chi connectivity index (χ1) is 12.8. The van der Waals surface area contributed by atoms with Crippen LogP contribution in [0.2, 0.25) is 0 Å². The van der Waals surface area contributed by atoms with Gasteiger partial charge < -0.3 is 19.2 Å². The summed E-state index contributed by atoms with van der Waals surface area (Å²) in [5, 5.41) is 0. The summed E-state index contributed by atoms with van der Waals surface area (Å²) in [7, 11) is 3.36. The molecule has 2 heterocycles. The van der Waals surface area contributed by atoms with Gasteiger partial charge in [0.15, 0.2) is 0 Å². The summed E-state index contributed by atoms with van der Waals surface area (Å²) >= 11 is 0. The van der Waals surface area contributed by atoms with Crippen LogP contribution in [0.25, 0.3) is 11.1 Å². The van der Waals surface area contributed by atoms with Crippen LogP contribution in [0.5, 0.6) is 0 Å². The van der Waals surface area contributed by atoms with Crippen molar-refractivity contribution >= 4 is 29.5 Å². The minimum Gasteiger partial charge on any atom is -0.465 e. The molecule has 10 heteroatoms. The number of ketones is 2. The molecule has 10 nitrogen and oxygen atoms in total. The number of hydrogen-bond donors (Lipinski definition) is 1. The molecule has 0 saturated heterocycles. The zero-order chi connectivity index (χ0) is 19.9. The number of hydrogen-bond acceptors (Lipinski definition) is 9. The van der Waals surface area contributed by atoms with Crippen LogP contribution in [0.3, 0.4) is 0 Å². The number of Topliss-reactive ketones (excluding diaryl/α,β-unsaturated/α-hetero) is 2. The highest BCUT2D eigenvalue weighted by atomic mass is 16.5. The molecule has 0 amide bonds. The van der Waals surface area contributed by atoms with Gasteiger partial charge in [0.1, 0.15) is 17.1 Å². The fourth-order valence-electron chi connectivity index (χ4n) is 2.73. The standard InChI is InChI=1S/C17H12N2O8/c1-25-15(22)7-5-9(17(24)27-3)19-12-10(7)6-4-8(16(23)26-2)18-11(6)13(20)14(12)21/h4-5,18H,1-3H3. The minimum atomic E-state index is -1.05. The third kappa shape index (κ3) is 2.67. The average molecular weight is 372 g/mol. The number of aromatic amines is 1. The summed E-state index contributed by atoms with van der Waals surface area (Å²) in [6, 6.07) is 2.35. The Morgan fingerprint density at radius 3 is 2.11 bits per heavy atom. The molecule has 0 atom stereocenters. The van der Waals surface area contributed by atoms with Crippen molar-refractivity contribution in [2.24, 2.45) is 0 Å². The molecule has 0 aliphatic heterocycles. The van der Waals surface area contributed by atoms with Gasteiger partial charge in [0.2, 0.25) is 0 Å². The van der Waals surface area contributed by atoms with E-state index in [-0.39, 0.29) is 33.8 Å². The lowest BCUT2D eigenvalue weighted by Gasteiger charge is -2.17. The molecule has 0 bridgehead atoms. The first kappa shape index (κ1) is 18.0. The normalized spacial score (nSPS) is 12.1. The van der Waals surface area contributed by atoms with Crippen LogP contribution in [-0.4, -0.2) is 60.8 Å². The lowest BCUT2D eigenvalue weighted by molar-refractivity contribution is 0.0581. The van der Waals surface area contributed by atoms with E-state index in [0.29, 0.717) is 0 Å². The first-order valence-electron chi connectivity index (χ1n) is 7.46. The lowest BCUT2D eigenvalue weighted by Crippen LogP contribution is -2.26. The second-order valence-corrected chi connectivity index (χ2v) is 5.38. The highest BCUT2D eigenvalue weighted by molar-refractivity contribution is 6.52. The Labute approximate surface area is 151 Å². The molecule has 1 aliphatic carbocycles. The van der Waals surface area contributed by atoms with Gasteiger partial charge in [-0.2, -0.15) is 0 Å². The molecule has 2 aromatic heterocycles. The van der Waals surface area contributed by atoms with E-state index in [0.717, 1.165) is 27.4 Å². The van der Waals surface area contributed by atoms with Crippen LogP contribution >= 0.6 is 0 Å². The van der Waals surface area contributed by atoms with Gasteiger partial charge in [-0.25, -0.2) is 19.4 Å². The molecule has 27 heavy (non-hydrogen) atoms. The van der Waals surface area contributed by atoms with E-state index in [4.69, 9.17) is 4.74 Å². The maximum absolute atomic E-state index is 12.5. The number of nitrogens with zero attached hydrogens (tertiary/aromatic N) is 1. The summed E-state index contributed by atoms with van der Waals surface area (Å²) in [6.07, 6.45) is 0. The minimum absolute atomic E-state index is 0.0273. The van der Waals surface area contributed by atoms with Gasteiger partial charge in [-0.3, -0.25) is 9.59 Å². The fourth-order valence-corrected chi connectivity index (χ4v) is 2.73. The van der Waals surface area contributed by atoms with Crippen LogP contribution in [0, 0.1) is 0 Å². The van der Waals surface area contributed by atoms with Crippen molar-refractivity contribution in [1.82, 2.24) is 9.97 Å². The second kappa shape index (κ2) is 6.48. The second-order valence-electron chi connectivity index (χ2n) is 5.38. The quantitative estimate of drug-likeness (QED) is 0.470. The van der Waals surface area contributed by atoms with Crippen molar-refractivity contribution < 1.29 is 38.2 Å². The number of methoxy groups -OCH3 is 3. The van der Waals surface area contributed by atoms with Crippen LogP contribution in [0.15, 0.2) is 12.1 Å². The van der Waals surface area contributed by atoms with Crippen molar-refractivity contribution in [1.29, 1.82) is 0 Å². The van der Waals surface area contributed by atoms with Crippen molar-refractivity contribution in [3.8, 4) is 11.1 Å². The predicted molar refractivity (Wildman–Crippen MR) is 86.7 cm³/mol. The Kier molecular flexibility index (Phi) is 4.32. The predicted octanol–water partition coefficient (Wildman–Crippen LogP) is 0.815. The van der Waals surface area contributed by atoms with Gasteiger partial charge in [0, 0.05) is 11.1 Å². The van der Waals surface area contributed by atoms with Gasteiger partial charge in [-0.05, 0) is 12.1 Å². The van der Waals surface area contributed by atoms with Gasteiger partial charge in [0.05, 0.1) is 32.6 Å². The highest BCUT2D eigenvalue weighted by Crippen LogP contribution is 2.36. The number of esters is 3. The number of nitrogens with one attached hydrogen (secondary N) is 1. The number of pyridine rings is 1. The molecule has 2 aromatic rings. The number of rotatable bonds is 3. The maximum Gasteiger partial charge on any atom is 0.356 e. The molecule has 0 saturated carbocycles. The number of H-pyrrole nitrogens is 1. The first-order valence-corrected chi connectivity index (χ1v) is 7.46. The molecule has 3 rings (SSSR count). The third-order valence-electron chi connectivity index (χ3n) is 3.96. The van der Waals surface area contributed by atoms with Crippen LogP contribution in [0.1, 0.15) is 52.3 Å². The maximum atomic E-state index is 12.5. The van der Waals surface area contributed by atoms with E-state index in [1.54, 1.807) is 0 Å². The smallest absolute Gasteiger partial charge is 0.356 e. The van der Waals surface area contributed by atoms with Crippen LogP contribution in [0.4, 0.5) is 0 Å². The SMILES string of the molecule is COC(=O)c1cc(C(=O)OC)c2c(n1)C(=O)C(=O)c1[nH]c(C(=O)OC)cc1-2. The number of carbonyl (C=O) groups excluding carboxylic acids is 5. The molecule has 0 radical (unpaired) electrons. The Bertz CT molecular complexity index is 1030. The van der Waals surface area contributed by atoms with Crippen LogP contribution < -0.4 is 0 Å². The summed E-state index contributed by atoms with van der Waals surface area (Å²) in [5.74, 6) is -4.57. The molecular weight excluding hydrogens is 360 g/mol. The van der Waals surface area contributed by atoms with Crippen molar-refractivity contribution in [2.45, 2.75) is 0 Å². The Morgan fingerprint density at radius 2 is 1.52 bits per heavy atom. The zero-order valence-corrected chi connectivity index (χ0v) is 14.4. The lowest BCUT2D eigenvalue weighted by atomic mass is 9.88. The molecule has 0 fully saturated rings. The number of aromatic nitrogens is 2. The molecule has 0 spiro atoms. The molecule has 0 unspecified atom stereocenters. The van der Waals surface area contributed by atoms with E-state index in [9.17, 15) is 24.0 Å². The van der Waals surface area contributed by atoms with E-state index in [2.05, 4.69) is 19.4 Å². The summed E-state index contributed by atoms with van der Waals surface area (Å²) in [6.45, 7) is 0. The molecule has 138 valence electrons. The van der Waals surface area contributed by atoms with Gasteiger partial charge >= 0.3 is 17.9 Å². The van der Waals surface area contributed by atoms with Crippen molar-refractivity contribution in [3.63, 3.8) is 0 Å². The summed E-state index contributed by atoms with van der Waals surface area (Å²) in [4.78, 5) is 67.1. The summed E-state index contributed by atoms with van der Waals surface area (Å²) in [5.41, 5.74) is -1.15. The zero-order valence-electron chi connectivity index (χ0n) is 14.4. The largest absolute Gasteiger partial charge is 0.465 e. The van der Waals surface area contributed by atoms with Gasteiger partial charge in [-0.1, -0.05) is 0 Å². The van der Waals surface area contributed by atoms with Gasteiger partial charge in [-0.15, -0.1) is 0 Å². The highest BCUT2D eigenvalue weighted by Gasteiger charge is 2.38. The van der Waals surface area contributed by atoms with E-state index >= 15 is 0 Å². The Hall–Kier alpha value is -3.82. The average Bonchev–Trinajstić information content (AvgIpc) is 3.14.